The first kappa shape index (κ1) is 21.6. The fraction of sp³-hybridized carbons (Fsp3) is 0.333. The van der Waals surface area contributed by atoms with Crippen molar-refractivity contribution in [3.63, 3.8) is 0 Å². The molecule has 1 unspecified atom stereocenters. The molecular formula is C21H22ClN3O5. The average Bonchev–Trinajstić information content (AvgIpc) is 3.11. The van der Waals surface area contributed by atoms with Crippen LogP contribution in [0.2, 0.25) is 5.02 Å². The molecular weight excluding hydrogens is 410 g/mol. The maximum Gasteiger partial charge on any atom is 0.302 e. The number of hydrogen-bond acceptors (Lipinski definition) is 6. The van der Waals surface area contributed by atoms with Crippen molar-refractivity contribution in [3.8, 4) is 5.75 Å². The van der Waals surface area contributed by atoms with Gasteiger partial charge in [-0.2, -0.15) is 0 Å². The largest absolute Gasteiger partial charge is 0.470 e. The van der Waals surface area contributed by atoms with Crippen molar-refractivity contribution in [1.82, 2.24) is 0 Å². The summed E-state index contributed by atoms with van der Waals surface area (Å²) >= 11 is 5.98. The van der Waals surface area contributed by atoms with E-state index in [0.717, 1.165) is 17.7 Å². The number of ether oxygens (including phenoxy) is 1. The lowest BCUT2D eigenvalue weighted by atomic mass is 10.1. The van der Waals surface area contributed by atoms with E-state index in [2.05, 4.69) is 0 Å². The quantitative estimate of drug-likeness (QED) is 0.366. The van der Waals surface area contributed by atoms with E-state index in [1.165, 1.54) is 19.1 Å². The van der Waals surface area contributed by atoms with E-state index in [-0.39, 0.29) is 22.8 Å². The van der Waals surface area contributed by atoms with Gasteiger partial charge in [-0.05, 0) is 43.5 Å². The molecule has 0 aromatic heterocycles. The Hall–Kier alpha value is -3.13. The first-order valence-electron chi connectivity index (χ1n) is 9.57. The lowest BCUT2D eigenvalue weighted by Crippen LogP contribution is -2.39. The van der Waals surface area contributed by atoms with Gasteiger partial charge in [0.1, 0.15) is 16.3 Å². The average molecular weight is 432 g/mol. The number of fused-ring (bicyclic) bond motifs is 1. The molecule has 1 aliphatic heterocycles. The number of carbonyl (C=O) groups excluding carboxylic acids is 2. The predicted octanol–water partition coefficient (Wildman–Crippen LogP) is 3.87. The van der Waals surface area contributed by atoms with Gasteiger partial charge < -0.3 is 15.4 Å². The van der Waals surface area contributed by atoms with Crippen LogP contribution in [-0.4, -0.2) is 29.4 Å². The number of Topliss-reactive ketones (excluding diaryl/α,β-unsaturated/α-hetero) is 1. The van der Waals surface area contributed by atoms with Crippen LogP contribution in [-0.2, 0) is 11.2 Å². The van der Waals surface area contributed by atoms with Gasteiger partial charge >= 0.3 is 5.69 Å². The third-order valence-electron chi connectivity index (χ3n) is 5.03. The summed E-state index contributed by atoms with van der Waals surface area (Å²) in [5.41, 5.74) is 6.78. The number of halogens is 1. The third-order valence-corrected chi connectivity index (χ3v) is 5.34. The highest BCUT2D eigenvalue weighted by Crippen LogP contribution is 2.38. The molecule has 0 fully saturated rings. The Morgan fingerprint density at radius 3 is 2.70 bits per heavy atom. The molecule has 1 atom stereocenters. The van der Waals surface area contributed by atoms with Crippen LogP contribution in [0, 0.1) is 10.1 Å². The second kappa shape index (κ2) is 9.13. The molecule has 9 heteroatoms. The molecule has 1 amide bonds. The molecule has 30 heavy (non-hydrogen) atoms. The zero-order chi connectivity index (χ0) is 21.8. The van der Waals surface area contributed by atoms with Crippen molar-refractivity contribution in [2.45, 2.75) is 38.8 Å². The number of hydrogen-bond donors (Lipinski definition) is 1. The number of nitrogens with two attached hydrogens (primary N) is 1. The minimum atomic E-state index is -0.681. The summed E-state index contributed by atoms with van der Waals surface area (Å²) in [5, 5.41) is 11.4. The van der Waals surface area contributed by atoms with E-state index in [0.29, 0.717) is 19.4 Å². The highest BCUT2D eigenvalue weighted by molar-refractivity contribution is 6.33. The highest BCUT2D eigenvalue weighted by atomic mass is 35.5. The van der Waals surface area contributed by atoms with Crippen LogP contribution in [0.3, 0.4) is 0 Å². The number of para-hydroxylation sites is 1. The zero-order valence-corrected chi connectivity index (χ0v) is 17.2. The van der Waals surface area contributed by atoms with Crippen LogP contribution in [0.25, 0.3) is 0 Å². The number of benzene rings is 2. The molecule has 2 aromatic carbocycles. The topological polar surface area (TPSA) is 116 Å². The van der Waals surface area contributed by atoms with Crippen LogP contribution in [0.15, 0.2) is 36.4 Å². The predicted molar refractivity (Wildman–Crippen MR) is 113 cm³/mol. The summed E-state index contributed by atoms with van der Waals surface area (Å²) in [6.45, 7) is 1.92. The molecule has 2 aromatic rings. The third kappa shape index (κ3) is 4.54. The Morgan fingerprint density at radius 1 is 1.30 bits per heavy atom. The van der Waals surface area contributed by atoms with Gasteiger partial charge in [0.25, 0.3) is 0 Å². The second-order valence-electron chi connectivity index (χ2n) is 7.09. The van der Waals surface area contributed by atoms with E-state index in [9.17, 15) is 19.7 Å². The minimum absolute atomic E-state index is 0.0899. The highest BCUT2D eigenvalue weighted by Gasteiger charge is 2.31. The van der Waals surface area contributed by atoms with Crippen LogP contribution < -0.4 is 15.4 Å². The van der Waals surface area contributed by atoms with E-state index < -0.39 is 28.5 Å². The molecule has 3 rings (SSSR count). The molecule has 8 nitrogen and oxygen atoms in total. The van der Waals surface area contributed by atoms with Crippen LogP contribution in [0.1, 0.15) is 42.1 Å². The van der Waals surface area contributed by atoms with Gasteiger partial charge in [0, 0.05) is 25.1 Å². The number of anilines is 1. The Balaban J connectivity index is 1.98. The van der Waals surface area contributed by atoms with E-state index in [1.54, 1.807) is 0 Å². The number of primary amides is 1. The van der Waals surface area contributed by atoms with Gasteiger partial charge in [0.2, 0.25) is 5.91 Å². The van der Waals surface area contributed by atoms with Gasteiger partial charge in [-0.1, -0.05) is 29.8 Å². The first-order chi connectivity index (χ1) is 14.3. The lowest BCUT2D eigenvalue weighted by Gasteiger charge is -2.31. The van der Waals surface area contributed by atoms with E-state index in [4.69, 9.17) is 22.1 Å². The lowest BCUT2D eigenvalue weighted by molar-refractivity contribution is -0.385. The van der Waals surface area contributed by atoms with Gasteiger partial charge in [-0.15, -0.1) is 0 Å². The SMILES string of the molecule is CC(=O)c1c(OC(CCCC(N)=O)N2CCc3ccccc32)ccc(Cl)c1[N+](=O)[O-]. The summed E-state index contributed by atoms with van der Waals surface area (Å²) in [7, 11) is 0. The molecule has 158 valence electrons. The number of ketones is 1. The molecule has 0 aliphatic carbocycles. The van der Waals surface area contributed by atoms with Gasteiger partial charge in [0.15, 0.2) is 12.0 Å². The number of rotatable bonds is 9. The fourth-order valence-corrected chi connectivity index (χ4v) is 3.93. The molecule has 1 heterocycles. The number of nitro groups is 1. The Bertz CT molecular complexity index is 995. The normalized spacial score (nSPS) is 13.6. The maximum atomic E-state index is 12.2. The maximum absolute atomic E-state index is 12.2. The van der Waals surface area contributed by atoms with Gasteiger partial charge in [-0.3, -0.25) is 19.7 Å². The molecule has 0 spiro atoms. The fourth-order valence-electron chi connectivity index (χ4n) is 3.70. The van der Waals surface area contributed by atoms with Crippen LogP contribution in [0.4, 0.5) is 11.4 Å². The van der Waals surface area contributed by atoms with Crippen LogP contribution >= 0.6 is 11.6 Å². The summed E-state index contributed by atoms with van der Waals surface area (Å²) < 4.78 is 6.17. The second-order valence-corrected chi connectivity index (χ2v) is 7.49. The van der Waals surface area contributed by atoms with Crippen molar-refractivity contribution in [2.75, 3.05) is 11.4 Å². The molecule has 1 aliphatic rings. The van der Waals surface area contributed by atoms with Crippen molar-refractivity contribution in [2.24, 2.45) is 5.73 Å². The minimum Gasteiger partial charge on any atom is -0.470 e. The molecule has 0 saturated heterocycles. The van der Waals surface area contributed by atoms with Gasteiger partial charge in [-0.25, -0.2) is 0 Å². The van der Waals surface area contributed by atoms with Crippen LogP contribution in [0.5, 0.6) is 5.75 Å². The Kier molecular flexibility index (Phi) is 6.56. The van der Waals surface area contributed by atoms with Gasteiger partial charge in [0.05, 0.1) is 4.92 Å². The summed E-state index contributed by atoms with van der Waals surface area (Å²) in [6.07, 6.45) is 1.41. The number of amides is 1. The first-order valence-corrected chi connectivity index (χ1v) is 9.94. The smallest absolute Gasteiger partial charge is 0.302 e. The van der Waals surface area contributed by atoms with Crippen molar-refractivity contribution >= 4 is 34.7 Å². The van der Waals surface area contributed by atoms with Crippen molar-refractivity contribution in [3.05, 3.63) is 62.7 Å². The zero-order valence-electron chi connectivity index (χ0n) is 16.5. The Labute approximate surface area is 178 Å². The molecule has 0 saturated carbocycles. The number of carbonyl (C=O) groups is 2. The van der Waals surface area contributed by atoms with Crippen molar-refractivity contribution < 1.29 is 19.2 Å². The van der Waals surface area contributed by atoms with E-state index in [1.807, 2.05) is 29.2 Å². The summed E-state index contributed by atoms with van der Waals surface area (Å²) in [5.74, 6) is -0.842. The summed E-state index contributed by atoms with van der Waals surface area (Å²) in [4.78, 5) is 36.3. The molecule has 0 bridgehead atoms. The van der Waals surface area contributed by atoms with E-state index >= 15 is 0 Å². The summed E-state index contributed by atoms with van der Waals surface area (Å²) in [6, 6.07) is 10.7. The van der Waals surface area contributed by atoms with Crippen molar-refractivity contribution in [1.29, 1.82) is 0 Å². The Morgan fingerprint density at radius 2 is 2.03 bits per heavy atom. The standard InChI is InChI=1S/C21H22ClN3O5/c1-13(26)20-17(10-9-15(22)21(20)25(28)29)30-19(8-4-7-18(23)27)24-12-11-14-5-2-3-6-16(14)24/h2-3,5-6,9-10,19H,4,7-8,11-12H2,1H3,(H2,23,27). The monoisotopic (exact) mass is 431 g/mol. The number of nitro benzene ring substituents is 1. The molecule has 0 radical (unpaired) electrons. The molecule has 2 N–H and O–H groups in total. The number of nitrogens with zero attached hydrogens (tertiary/aromatic N) is 2.